The van der Waals surface area contributed by atoms with Gasteiger partial charge in [0.05, 0.1) is 12.6 Å². The number of rotatable bonds is 5. The van der Waals surface area contributed by atoms with Crippen molar-refractivity contribution in [2.24, 2.45) is 0 Å². The minimum absolute atomic E-state index is 0.171. The Bertz CT molecular complexity index is 778. The molecule has 1 atom stereocenters. The van der Waals surface area contributed by atoms with Crippen LogP contribution in [-0.4, -0.2) is 11.7 Å². The van der Waals surface area contributed by atoms with Gasteiger partial charge >= 0.3 is 0 Å². The SMILES string of the molecule is OCC(NCc1cc2ccccc2s1)c1cc(F)c(F)c(F)c1. The lowest BCUT2D eigenvalue weighted by Crippen LogP contribution is -2.24. The van der Waals surface area contributed by atoms with Crippen LogP contribution in [-0.2, 0) is 6.54 Å². The maximum Gasteiger partial charge on any atom is 0.194 e. The Morgan fingerprint density at radius 3 is 2.39 bits per heavy atom. The van der Waals surface area contributed by atoms with Gasteiger partial charge in [-0.3, -0.25) is 0 Å². The van der Waals surface area contributed by atoms with Gasteiger partial charge in [0.2, 0.25) is 0 Å². The van der Waals surface area contributed by atoms with E-state index in [1.54, 1.807) is 11.3 Å². The van der Waals surface area contributed by atoms with Gasteiger partial charge < -0.3 is 10.4 Å². The minimum Gasteiger partial charge on any atom is -0.394 e. The van der Waals surface area contributed by atoms with Crippen molar-refractivity contribution in [3.63, 3.8) is 0 Å². The third kappa shape index (κ3) is 3.39. The smallest absolute Gasteiger partial charge is 0.194 e. The molecule has 1 heterocycles. The molecule has 2 nitrogen and oxygen atoms in total. The summed E-state index contributed by atoms with van der Waals surface area (Å²) in [5.74, 6) is -4.03. The largest absolute Gasteiger partial charge is 0.394 e. The molecule has 0 fully saturated rings. The lowest BCUT2D eigenvalue weighted by molar-refractivity contribution is 0.243. The van der Waals surface area contributed by atoms with Crippen LogP contribution in [0, 0.1) is 17.5 Å². The number of thiophene rings is 1. The van der Waals surface area contributed by atoms with E-state index in [-0.39, 0.29) is 12.2 Å². The molecule has 0 aliphatic heterocycles. The molecule has 120 valence electrons. The van der Waals surface area contributed by atoms with Gasteiger partial charge in [0, 0.05) is 16.1 Å². The fourth-order valence-corrected chi connectivity index (χ4v) is 3.43. The van der Waals surface area contributed by atoms with Gasteiger partial charge in [-0.05, 0) is 35.2 Å². The average molecular weight is 337 g/mol. The minimum atomic E-state index is -1.50. The Morgan fingerprint density at radius 1 is 1.04 bits per heavy atom. The second-order valence-electron chi connectivity index (χ2n) is 5.17. The standard InChI is InChI=1S/C17H14F3NOS/c18-13-6-11(7-14(19)17(13)20)15(9-22)21-8-12-5-10-3-1-2-4-16(10)23-12/h1-7,15,21-22H,8-9H2. The fraction of sp³-hybridized carbons (Fsp3) is 0.176. The van der Waals surface area contributed by atoms with E-state index in [4.69, 9.17) is 0 Å². The van der Waals surface area contributed by atoms with E-state index < -0.39 is 23.5 Å². The molecule has 1 aromatic heterocycles. The van der Waals surface area contributed by atoms with Crippen molar-refractivity contribution in [3.8, 4) is 0 Å². The first-order valence-electron chi connectivity index (χ1n) is 7.04. The number of hydrogen-bond acceptors (Lipinski definition) is 3. The molecule has 3 rings (SSSR count). The molecule has 3 aromatic rings. The van der Waals surface area contributed by atoms with Gasteiger partial charge in [-0.2, -0.15) is 0 Å². The van der Waals surface area contributed by atoms with Crippen molar-refractivity contribution >= 4 is 21.4 Å². The van der Waals surface area contributed by atoms with Crippen molar-refractivity contribution in [1.82, 2.24) is 5.32 Å². The molecule has 23 heavy (non-hydrogen) atoms. The fourth-order valence-electron chi connectivity index (χ4n) is 2.41. The Kier molecular flexibility index (Phi) is 4.66. The van der Waals surface area contributed by atoms with Crippen molar-refractivity contribution in [3.05, 3.63) is 70.4 Å². The third-order valence-electron chi connectivity index (χ3n) is 3.59. The highest BCUT2D eigenvalue weighted by Crippen LogP contribution is 2.26. The lowest BCUT2D eigenvalue weighted by Gasteiger charge is -2.16. The van der Waals surface area contributed by atoms with Gasteiger partial charge in [-0.25, -0.2) is 13.2 Å². The van der Waals surface area contributed by atoms with E-state index >= 15 is 0 Å². The zero-order chi connectivity index (χ0) is 16.4. The number of nitrogens with one attached hydrogen (secondary N) is 1. The molecule has 0 saturated heterocycles. The maximum atomic E-state index is 13.3. The van der Waals surface area contributed by atoms with Crippen LogP contribution in [0.5, 0.6) is 0 Å². The summed E-state index contributed by atoms with van der Waals surface area (Å²) < 4.78 is 40.8. The summed E-state index contributed by atoms with van der Waals surface area (Å²) in [7, 11) is 0. The summed E-state index contributed by atoms with van der Waals surface area (Å²) >= 11 is 1.60. The molecule has 2 N–H and O–H groups in total. The number of aliphatic hydroxyl groups excluding tert-OH is 1. The molecular weight excluding hydrogens is 323 g/mol. The molecule has 0 saturated carbocycles. The van der Waals surface area contributed by atoms with Crippen LogP contribution in [0.4, 0.5) is 13.2 Å². The highest BCUT2D eigenvalue weighted by atomic mass is 32.1. The molecule has 1 unspecified atom stereocenters. The molecular formula is C17H14F3NOS. The molecule has 2 aromatic carbocycles. The first-order valence-corrected chi connectivity index (χ1v) is 7.86. The van der Waals surface area contributed by atoms with Gasteiger partial charge in [-0.1, -0.05) is 18.2 Å². The topological polar surface area (TPSA) is 32.3 Å². The lowest BCUT2D eigenvalue weighted by atomic mass is 10.1. The summed E-state index contributed by atoms with van der Waals surface area (Å²) in [6, 6.07) is 11.1. The highest BCUT2D eigenvalue weighted by Gasteiger charge is 2.17. The molecule has 0 aliphatic rings. The first-order chi connectivity index (χ1) is 11.1. The first kappa shape index (κ1) is 16.0. The Hall–Kier alpha value is -1.89. The maximum absolute atomic E-state index is 13.3. The van der Waals surface area contributed by atoms with Crippen LogP contribution < -0.4 is 5.32 Å². The molecule has 0 radical (unpaired) electrons. The monoisotopic (exact) mass is 337 g/mol. The van der Waals surface area contributed by atoms with Crippen molar-refractivity contribution in [2.75, 3.05) is 6.61 Å². The van der Waals surface area contributed by atoms with Gasteiger partial charge in [0.25, 0.3) is 0 Å². The van der Waals surface area contributed by atoms with E-state index in [0.717, 1.165) is 27.1 Å². The average Bonchev–Trinajstić information content (AvgIpc) is 2.96. The number of fused-ring (bicyclic) bond motifs is 1. The summed E-state index contributed by atoms with van der Waals surface area (Å²) in [6.07, 6.45) is 0. The van der Waals surface area contributed by atoms with Gasteiger partial charge in [0.15, 0.2) is 17.5 Å². The zero-order valence-corrected chi connectivity index (χ0v) is 12.8. The summed E-state index contributed by atoms with van der Waals surface area (Å²) in [5, 5.41) is 13.6. The van der Waals surface area contributed by atoms with Crippen LogP contribution in [0.15, 0.2) is 42.5 Å². The Balaban J connectivity index is 1.77. The predicted molar refractivity (Wildman–Crippen MR) is 84.8 cm³/mol. The van der Waals surface area contributed by atoms with E-state index in [1.807, 2.05) is 30.3 Å². The normalized spacial score (nSPS) is 12.7. The summed E-state index contributed by atoms with van der Waals surface area (Å²) in [5.41, 5.74) is 0.171. The van der Waals surface area contributed by atoms with E-state index in [0.29, 0.717) is 6.54 Å². The number of halogens is 3. The predicted octanol–water partition coefficient (Wildman–Crippen LogP) is 4.14. The number of hydrogen-bond donors (Lipinski definition) is 2. The second kappa shape index (κ2) is 6.70. The van der Waals surface area contributed by atoms with Gasteiger partial charge in [0.1, 0.15) is 0 Å². The highest BCUT2D eigenvalue weighted by molar-refractivity contribution is 7.19. The number of benzene rings is 2. The Morgan fingerprint density at radius 2 is 1.74 bits per heavy atom. The van der Waals surface area contributed by atoms with Crippen LogP contribution in [0.25, 0.3) is 10.1 Å². The van der Waals surface area contributed by atoms with E-state index in [1.165, 1.54) is 0 Å². The summed E-state index contributed by atoms with van der Waals surface area (Å²) in [4.78, 5) is 1.03. The van der Waals surface area contributed by atoms with Crippen molar-refractivity contribution in [1.29, 1.82) is 0 Å². The molecule has 0 bridgehead atoms. The third-order valence-corrected chi connectivity index (χ3v) is 4.71. The van der Waals surface area contributed by atoms with Crippen LogP contribution >= 0.6 is 11.3 Å². The van der Waals surface area contributed by atoms with E-state index in [9.17, 15) is 18.3 Å². The zero-order valence-electron chi connectivity index (χ0n) is 12.0. The van der Waals surface area contributed by atoms with Gasteiger partial charge in [-0.15, -0.1) is 11.3 Å². The van der Waals surface area contributed by atoms with Crippen molar-refractivity contribution in [2.45, 2.75) is 12.6 Å². The second-order valence-corrected chi connectivity index (χ2v) is 6.33. The molecule has 0 aliphatic carbocycles. The van der Waals surface area contributed by atoms with E-state index in [2.05, 4.69) is 5.32 Å². The molecule has 6 heteroatoms. The molecule has 0 spiro atoms. The van der Waals surface area contributed by atoms with Crippen LogP contribution in [0.2, 0.25) is 0 Å². The van der Waals surface area contributed by atoms with Crippen LogP contribution in [0.1, 0.15) is 16.5 Å². The quantitative estimate of drug-likeness (QED) is 0.686. The molecule has 0 amide bonds. The van der Waals surface area contributed by atoms with Crippen LogP contribution in [0.3, 0.4) is 0 Å². The number of aliphatic hydroxyl groups is 1. The summed E-state index contributed by atoms with van der Waals surface area (Å²) in [6.45, 7) is 0.0839. The Labute approximate surface area is 135 Å². The van der Waals surface area contributed by atoms with Crippen molar-refractivity contribution < 1.29 is 18.3 Å².